The molecule has 1 atom stereocenters. The Kier molecular flexibility index (Phi) is 4.28. The Morgan fingerprint density at radius 1 is 1.25 bits per heavy atom. The lowest BCUT2D eigenvalue weighted by molar-refractivity contribution is 0.474. The van der Waals surface area contributed by atoms with Crippen LogP contribution in [0.15, 0.2) is 24.3 Å². The predicted octanol–water partition coefficient (Wildman–Crippen LogP) is 1.06. The van der Waals surface area contributed by atoms with E-state index in [0.717, 1.165) is 5.56 Å². The molecule has 1 rings (SSSR count). The maximum atomic E-state index is 10.5. The monoisotopic (exact) mass is 245 g/mol. The molecule has 6 heteroatoms. The van der Waals surface area contributed by atoms with Crippen LogP contribution in [-0.2, 0) is 10.1 Å². The first-order chi connectivity index (χ1) is 7.38. The molecule has 0 aliphatic heterocycles. The summed E-state index contributed by atoms with van der Waals surface area (Å²) < 4.78 is 29.5. The van der Waals surface area contributed by atoms with Crippen molar-refractivity contribution in [2.75, 3.05) is 5.75 Å². The minimum Gasteiger partial charge on any atom is -0.508 e. The molecule has 0 bridgehead atoms. The molecule has 90 valence electrons. The van der Waals surface area contributed by atoms with Crippen molar-refractivity contribution in [1.29, 1.82) is 0 Å². The van der Waals surface area contributed by atoms with Crippen LogP contribution in [0, 0.1) is 0 Å². The van der Waals surface area contributed by atoms with Crippen LogP contribution in [0.5, 0.6) is 5.75 Å². The SMILES string of the molecule is NC(CCCS(=O)(=O)O)c1ccc(O)cc1. The Morgan fingerprint density at radius 2 is 1.81 bits per heavy atom. The number of aromatic hydroxyl groups is 1. The highest BCUT2D eigenvalue weighted by atomic mass is 32.2. The zero-order chi connectivity index (χ0) is 12.2. The lowest BCUT2D eigenvalue weighted by Crippen LogP contribution is -2.12. The molecule has 0 spiro atoms. The standard InChI is InChI=1S/C10H15NO4S/c11-10(2-1-7-16(13,14)15)8-3-5-9(12)6-4-8/h3-6,10,12H,1-2,7,11H2,(H,13,14,15). The van der Waals surface area contributed by atoms with E-state index in [0.29, 0.717) is 12.8 Å². The zero-order valence-electron chi connectivity index (χ0n) is 8.70. The Hall–Kier alpha value is -1.11. The molecule has 0 radical (unpaired) electrons. The highest BCUT2D eigenvalue weighted by Gasteiger charge is 2.09. The first kappa shape index (κ1) is 13.0. The quantitative estimate of drug-likeness (QED) is 0.673. The van der Waals surface area contributed by atoms with Gasteiger partial charge in [0.05, 0.1) is 5.75 Å². The van der Waals surface area contributed by atoms with Gasteiger partial charge in [-0.2, -0.15) is 8.42 Å². The fraction of sp³-hybridized carbons (Fsp3) is 0.400. The maximum Gasteiger partial charge on any atom is 0.264 e. The van der Waals surface area contributed by atoms with Crippen LogP contribution in [0.2, 0.25) is 0 Å². The van der Waals surface area contributed by atoms with Gasteiger partial charge in [0.15, 0.2) is 0 Å². The van der Waals surface area contributed by atoms with E-state index >= 15 is 0 Å². The fourth-order valence-electron chi connectivity index (χ4n) is 1.37. The van der Waals surface area contributed by atoms with Gasteiger partial charge in [0, 0.05) is 6.04 Å². The molecule has 1 unspecified atom stereocenters. The maximum absolute atomic E-state index is 10.5. The van der Waals surface area contributed by atoms with Crippen molar-refractivity contribution in [3.8, 4) is 5.75 Å². The molecule has 4 N–H and O–H groups in total. The highest BCUT2D eigenvalue weighted by Crippen LogP contribution is 2.18. The van der Waals surface area contributed by atoms with Crippen molar-refractivity contribution in [2.24, 2.45) is 5.73 Å². The van der Waals surface area contributed by atoms with Crippen LogP contribution in [0.1, 0.15) is 24.4 Å². The van der Waals surface area contributed by atoms with E-state index in [1.807, 2.05) is 0 Å². The van der Waals surface area contributed by atoms with Crippen molar-refractivity contribution in [1.82, 2.24) is 0 Å². The number of phenols is 1. The van der Waals surface area contributed by atoms with Gasteiger partial charge in [-0.3, -0.25) is 4.55 Å². The smallest absolute Gasteiger partial charge is 0.264 e. The van der Waals surface area contributed by atoms with Crippen molar-refractivity contribution in [3.05, 3.63) is 29.8 Å². The third-order valence-corrected chi connectivity index (χ3v) is 3.04. The summed E-state index contributed by atoms with van der Waals surface area (Å²) in [4.78, 5) is 0. The summed E-state index contributed by atoms with van der Waals surface area (Å²) >= 11 is 0. The van der Waals surface area contributed by atoms with Crippen LogP contribution in [0.3, 0.4) is 0 Å². The van der Waals surface area contributed by atoms with Crippen LogP contribution in [0.25, 0.3) is 0 Å². The normalized spacial score (nSPS) is 13.6. The molecule has 0 heterocycles. The molecule has 0 fully saturated rings. The summed E-state index contributed by atoms with van der Waals surface area (Å²) in [6, 6.07) is 6.14. The second kappa shape index (κ2) is 5.29. The molecule has 0 amide bonds. The number of hydrogen-bond donors (Lipinski definition) is 3. The van der Waals surface area contributed by atoms with Crippen LogP contribution < -0.4 is 5.73 Å². The van der Waals surface area contributed by atoms with Gasteiger partial charge in [-0.05, 0) is 30.5 Å². The molecule has 1 aromatic rings. The average Bonchev–Trinajstić information content (AvgIpc) is 2.16. The van der Waals surface area contributed by atoms with Gasteiger partial charge in [0.25, 0.3) is 10.1 Å². The summed E-state index contributed by atoms with van der Waals surface area (Å²) in [7, 11) is -3.90. The lowest BCUT2D eigenvalue weighted by atomic mass is 10.0. The van der Waals surface area contributed by atoms with Crippen molar-refractivity contribution >= 4 is 10.1 Å². The first-order valence-electron chi connectivity index (χ1n) is 4.88. The van der Waals surface area contributed by atoms with Gasteiger partial charge in [0.2, 0.25) is 0 Å². The topological polar surface area (TPSA) is 101 Å². The summed E-state index contributed by atoms with van der Waals surface area (Å²) in [6.45, 7) is 0. The molecule has 5 nitrogen and oxygen atoms in total. The minimum atomic E-state index is -3.90. The van der Waals surface area contributed by atoms with Gasteiger partial charge < -0.3 is 10.8 Å². The minimum absolute atomic E-state index is 0.161. The number of nitrogens with two attached hydrogens (primary N) is 1. The number of hydrogen-bond acceptors (Lipinski definition) is 4. The van der Waals surface area contributed by atoms with Crippen LogP contribution in [0.4, 0.5) is 0 Å². The van der Waals surface area contributed by atoms with Crippen molar-refractivity contribution < 1.29 is 18.1 Å². The zero-order valence-corrected chi connectivity index (χ0v) is 9.52. The molecule has 0 saturated heterocycles. The molecular formula is C10H15NO4S. The number of rotatable bonds is 5. The van der Waals surface area contributed by atoms with Crippen LogP contribution >= 0.6 is 0 Å². The Morgan fingerprint density at radius 3 is 2.31 bits per heavy atom. The molecule has 0 aliphatic rings. The number of benzene rings is 1. The third-order valence-electron chi connectivity index (χ3n) is 2.24. The third kappa shape index (κ3) is 4.61. The first-order valence-corrected chi connectivity index (χ1v) is 6.49. The molecule has 1 aromatic carbocycles. The average molecular weight is 245 g/mol. The van der Waals surface area contributed by atoms with Gasteiger partial charge in [0.1, 0.15) is 5.75 Å². The summed E-state index contributed by atoms with van der Waals surface area (Å²) in [5.41, 5.74) is 6.64. The van der Waals surface area contributed by atoms with Gasteiger partial charge in [-0.25, -0.2) is 0 Å². The van der Waals surface area contributed by atoms with Crippen LogP contribution in [-0.4, -0.2) is 23.8 Å². The summed E-state index contributed by atoms with van der Waals surface area (Å²) in [5.74, 6) is -0.118. The molecule has 0 aliphatic carbocycles. The fourth-order valence-corrected chi connectivity index (χ4v) is 1.91. The van der Waals surface area contributed by atoms with Gasteiger partial charge >= 0.3 is 0 Å². The number of phenolic OH excluding ortho intramolecular Hbond substituents is 1. The molecule has 0 saturated carbocycles. The van der Waals surface area contributed by atoms with Gasteiger partial charge in [-0.1, -0.05) is 12.1 Å². The van der Waals surface area contributed by atoms with E-state index in [4.69, 9.17) is 15.4 Å². The molecule has 16 heavy (non-hydrogen) atoms. The van der Waals surface area contributed by atoms with E-state index in [2.05, 4.69) is 0 Å². The highest BCUT2D eigenvalue weighted by molar-refractivity contribution is 7.85. The predicted molar refractivity (Wildman–Crippen MR) is 60.7 cm³/mol. The van der Waals surface area contributed by atoms with E-state index < -0.39 is 10.1 Å². The van der Waals surface area contributed by atoms with E-state index in [-0.39, 0.29) is 17.5 Å². The van der Waals surface area contributed by atoms with E-state index in [1.54, 1.807) is 12.1 Å². The summed E-state index contributed by atoms with van der Waals surface area (Å²) in [5, 5.41) is 9.07. The second-order valence-corrected chi connectivity index (χ2v) is 5.20. The lowest BCUT2D eigenvalue weighted by Gasteiger charge is -2.11. The Labute approximate surface area is 94.7 Å². The van der Waals surface area contributed by atoms with Crippen molar-refractivity contribution in [2.45, 2.75) is 18.9 Å². The Bertz CT molecular complexity index is 427. The molecule has 0 aromatic heterocycles. The van der Waals surface area contributed by atoms with Gasteiger partial charge in [-0.15, -0.1) is 0 Å². The molecular weight excluding hydrogens is 230 g/mol. The van der Waals surface area contributed by atoms with E-state index in [9.17, 15) is 8.42 Å². The van der Waals surface area contributed by atoms with Crippen molar-refractivity contribution in [3.63, 3.8) is 0 Å². The summed E-state index contributed by atoms with van der Waals surface area (Å²) in [6.07, 6.45) is 0.769. The largest absolute Gasteiger partial charge is 0.508 e. The van der Waals surface area contributed by atoms with E-state index in [1.165, 1.54) is 12.1 Å². The Balaban J connectivity index is 2.47. The second-order valence-electron chi connectivity index (χ2n) is 3.63.